The minimum absolute atomic E-state index is 0.0142. The average Bonchev–Trinajstić information content (AvgIpc) is 3.16. The van der Waals surface area contributed by atoms with Gasteiger partial charge < -0.3 is 10.1 Å². The monoisotopic (exact) mass is 396 g/mol. The molecule has 0 aliphatic rings. The summed E-state index contributed by atoms with van der Waals surface area (Å²) in [4.78, 5) is 23.9. The second kappa shape index (κ2) is 8.71. The zero-order chi connectivity index (χ0) is 20.1. The smallest absolute Gasteiger partial charge is 0.237 e. The van der Waals surface area contributed by atoms with E-state index in [0.29, 0.717) is 16.4 Å². The molecule has 0 radical (unpaired) electrons. The van der Waals surface area contributed by atoms with Gasteiger partial charge in [-0.1, -0.05) is 11.8 Å². The van der Waals surface area contributed by atoms with Gasteiger partial charge >= 0.3 is 0 Å². The molecule has 0 aliphatic heterocycles. The van der Waals surface area contributed by atoms with Gasteiger partial charge in [0, 0.05) is 16.9 Å². The molecule has 0 bridgehead atoms. The first kappa shape index (κ1) is 19.6. The van der Waals surface area contributed by atoms with Crippen LogP contribution in [0, 0.1) is 0 Å². The molecule has 0 aliphatic carbocycles. The molecule has 1 aromatic heterocycles. The van der Waals surface area contributed by atoms with Gasteiger partial charge in [0.15, 0.2) is 10.9 Å². The third kappa shape index (κ3) is 4.58. The molecule has 0 fully saturated rings. The first-order valence-corrected chi connectivity index (χ1v) is 9.49. The predicted molar refractivity (Wildman–Crippen MR) is 108 cm³/mol. The van der Waals surface area contributed by atoms with Crippen LogP contribution in [0.5, 0.6) is 5.75 Å². The van der Waals surface area contributed by atoms with E-state index in [4.69, 9.17) is 4.74 Å². The van der Waals surface area contributed by atoms with Crippen LogP contribution >= 0.6 is 11.8 Å². The van der Waals surface area contributed by atoms with E-state index < -0.39 is 5.25 Å². The summed E-state index contributed by atoms with van der Waals surface area (Å²) in [6.07, 6.45) is 1.61. The van der Waals surface area contributed by atoms with Gasteiger partial charge in [-0.2, -0.15) is 0 Å². The normalized spacial score (nSPS) is 11.7. The van der Waals surface area contributed by atoms with Crippen LogP contribution in [0.15, 0.2) is 60.0 Å². The Morgan fingerprint density at radius 1 is 1.11 bits per heavy atom. The van der Waals surface area contributed by atoms with Crippen molar-refractivity contribution in [1.82, 2.24) is 14.8 Å². The SMILES string of the molecule is COc1ccc(-n2cnnc2SC(C)C(=O)Nc2ccc(C(C)=O)cc2)cc1. The van der Waals surface area contributed by atoms with Crippen molar-refractivity contribution in [2.75, 3.05) is 12.4 Å². The van der Waals surface area contributed by atoms with Gasteiger partial charge in [0.1, 0.15) is 12.1 Å². The highest BCUT2D eigenvalue weighted by molar-refractivity contribution is 8.00. The fraction of sp³-hybridized carbons (Fsp3) is 0.200. The molecule has 2 aromatic carbocycles. The quantitative estimate of drug-likeness (QED) is 0.485. The molecule has 8 heteroatoms. The molecule has 0 saturated carbocycles. The maximum Gasteiger partial charge on any atom is 0.237 e. The summed E-state index contributed by atoms with van der Waals surface area (Å²) in [6.45, 7) is 3.31. The summed E-state index contributed by atoms with van der Waals surface area (Å²) < 4.78 is 6.99. The number of rotatable bonds is 7. The van der Waals surface area contributed by atoms with Crippen molar-refractivity contribution < 1.29 is 14.3 Å². The summed E-state index contributed by atoms with van der Waals surface area (Å²) in [7, 11) is 1.61. The molecule has 3 rings (SSSR count). The van der Waals surface area contributed by atoms with E-state index in [2.05, 4.69) is 15.5 Å². The number of Topliss-reactive ketones (excluding diaryl/α,β-unsaturated/α-hetero) is 1. The summed E-state index contributed by atoms with van der Waals surface area (Å²) in [6, 6.07) is 14.3. The van der Waals surface area contributed by atoms with Crippen molar-refractivity contribution in [3.63, 3.8) is 0 Å². The zero-order valence-corrected chi connectivity index (χ0v) is 16.6. The van der Waals surface area contributed by atoms with E-state index in [0.717, 1.165) is 11.4 Å². The number of methoxy groups -OCH3 is 1. The number of amides is 1. The van der Waals surface area contributed by atoms with E-state index in [1.165, 1.54) is 18.7 Å². The molecule has 144 valence electrons. The van der Waals surface area contributed by atoms with Gasteiger partial charge in [-0.3, -0.25) is 14.2 Å². The van der Waals surface area contributed by atoms with Crippen LogP contribution in [-0.2, 0) is 4.79 Å². The van der Waals surface area contributed by atoms with E-state index in [9.17, 15) is 9.59 Å². The number of hydrogen-bond donors (Lipinski definition) is 1. The fourth-order valence-corrected chi connectivity index (χ4v) is 3.31. The standard InChI is InChI=1S/C20H20N4O3S/c1-13(25)15-4-6-16(7-5-15)22-19(26)14(2)28-20-23-21-12-24(20)17-8-10-18(27-3)11-9-17/h4-12,14H,1-3H3,(H,22,26). The highest BCUT2D eigenvalue weighted by Crippen LogP contribution is 2.25. The predicted octanol–water partition coefficient (Wildman–Crippen LogP) is 3.60. The van der Waals surface area contributed by atoms with Crippen molar-refractivity contribution in [2.24, 2.45) is 0 Å². The topological polar surface area (TPSA) is 86.1 Å². The van der Waals surface area contributed by atoms with E-state index >= 15 is 0 Å². The first-order valence-electron chi connectivity index (χ1n) is 8.61. The number of benzene rings is 2. The Hall–Kier alpha value is -3.13. The van der Waals surface area contributed by atoms with Crippen molar-refractivity contribution in [3.05, 3.63) is 60.4 Å². The minimum atomic E-state index is -0.395. The molecular weight excluding hydrogens is 376 g/mol. The number of carbonyl (C=O) groups excluding carboxylic acids is 2. The van der Waals surface area contributed by atoms with Crippen LogP contribution in [0.2, 0.25) is 0 Å². The summed E-state index contributed by atoms with van der Waals surface area (Å²) in [5, 5.41) is 11.1. The van der Waals surface area contributed by atoms with Crippen molar-refractivity contribution >= 4 is 29.1 Å². The Kier molecular flexibility index (Phi) is 6.10. The third-order valence-corrected chi connectivity index (χ3v) is 5.13. The lowest BCUT2D eigenvalue weighted by Crippen LogP contribution is -2.22. The lowest BCUT2D eigenvalue weighted by molar-refractivity contribution is -0.115. The fourth-order valence-electron chi connectivity index (χ4n) is 2.47. The van der Waals surface area contributed by atoms with Crippen molar-refractivity contribution in [1.29, 1.82) is 0 Å². The highest BCUT2D eigenvalue weighted by atomic mass is 32.2. The number of aromatic nitrogens is 3. The molecule has 0 spiro atoms. The van der Waals surface area contributed by atoms with Crippen molar-refractivity contribution in [2.45, 2.75) is 24.3 Å². The molecule has 3 aromatic rings. The Morgan fingerprint density at radius 3 is 2.39 bits per heavy atom. The number of nitrogens with one attached hydrogen (secondary N) is 1. The van der Waals surface area contributed by atoms with Crippen LogP contribution in [0.4, 0.5) is 5.69 Å². The Bertz CT molecular complexity index is 968. The number of carbonyl (C=O) groups is 2. The Balaban J connectivity index is 1.67. The second-order valence-corrected chi connectivity index (χ2v) is 7.37. The van der Waals surface area contributed by atoms with Crippen molar-refractivity contribution in [3.8, 4) is 11.4 Å². The molecular formula is C20H20N4O3S. The summed E-state index contributed by atoms with van der Waals surface area (Å²) >= 11 is 1.31. The van der Waals surface area contributed by atoms with E-state index in [1.807, 2.05) is 28.8 Å². The Labute approximate surface area is 167 Å². The lowest BCUT2D eigenvalue weighted by atomic mass is 10.1. The number of ether oxygens (including phenoxy) is 1. The van der Waals surface area contributed by atoms with Gasteiger partial charge in [0.2, 0.25) is 5.91 Å². The number of ketones is 1. The summed E-state index contributed by atoms with van der Waals surface area (Å²) in [5.74, 6) is 0.582. The highest BCUT2D eigenvalue weighted by Gasteiger charge is 2.18. The van der Waals surface area contributed by atoms with Gasteiger partial charge in [0.05, 0.1) is 12.4 Å². The molecule has 1 amide bonds. The zero-order valence-electron chi connectivity index (χ0n) is 15.7. The number of nitrogens with zero attached hydrogens (tertiary/aromatic N) is 3. The minimum Gasteiger partial charge on any atom is -0.497 e. The van der Waals surface area contributed by atoms with Crippen LogP contribution in [0.25, 0.3) is 5.69 Å². The van der Waals surface area contributed by atoms with Crippen LogP contribution in [0.3, 0.4) is 0 Å². The van der Waals surface area contributed by atoms with Gasteiger partial charge in [0.25, 0.3) is 0 Å². The van der Waals surface area contributed by atoms with Crippen LogP contribution in [-0.4, -0.2) is 38.8 Å². The number of hydrogen-bond acceptors (Lipinski definition) is 6. The maximum absolute atomic E-state index is 12.5. The first-order chi connectivity index (χ1) is 13.5. The van der Waals surface area contributed by atoms with Gasteiger partial charge in [-0.05, 0) is 62.4 Å². The molecule has 1 unspecified atom stereocenters. The average molecular weight is 396 g/mol. The molecule has 7 nitrogen and oxygen atoms in total. The lowest BCUT2D eigenvalue weighted by Gasteiger charge is -2.13. The second-order valence-electron chi connectivity index (χ2n) is 6.06. The van der Waals surface area contributed by atoms with Crippen LogP contribution < -0.4 is 10.1 Å². The number of thioether (sulfide) groups is 1. The molecule has 28 heavy (non-hydrogen) atoms. The van der Waals surface area contributed by atoms with E-state index in [-0.39, 0.29) is 11.7 Å². The van der Waals surface area contributed by atoms with Gasteiger partial charge in [-0.15, -0.1) is 10.2 Å². The summed E-state index contributed by atoms with van der Waals surface area (Å²) in [5.41, 5.74) is 2.12. The maximum atomic E-state index is 12.5. The molecule has 1 heterocycles. The Morgan fingerprint density at radius 2 is 1.79 bits per heavy atom. The van der Waals surface area contributed by atoms with Crippen LogP contribution in [0.1, 0.15) is 24.2 Å². The molecule has 0 saturated heterocycles. The van der Waals surface area contributed by atoms with E-state index in [1.54, 1.807) is 44.6 Å². The molecule has 1 N–H and O–H groups in total. The third-order valence-electron chi connectivity index (χ3n) is 4.08. The largest absolute Gasteiger partial charge is 0.497 e. The van der Waals surface area contributed by atoms with Gasteiger partial charge in [-0.25, -0.2) is 0 Å². The molecule has 1 atom stereocenters. The number of anilines is 1.